The Kier molecular flexibility index (Phi) is 4.94. The number of benzene rings is 1. The van der Waals surface area contributed by atoms with Gasteiger partial charge in [0.05, 0.1) is 0 Å². The van der Waals surface area contributed by atoms with Crippen molar-refractivity contribution in [3.05, 3.63) is 33.8 Å². The molecular weight excluding hydrogens is 265 g/mol. The third-order valence-electron chi connectivity index (χ3n) is 3.69. The Morgan fingerprint density at radius 1 is 1.22 bits per heavy atom. The van der Waals surface area contributed by atoms with E-state index < -0.39 is 0 Å². The summed E-state index contributed by atoms with van der Waals surface area (Å²) in [6.07, 6.45) is 2.43. The Morgan fingerprint density at radius 3 is 2.50 bits per heavy atom. The third kappa shape index (κ3) is 3.63. The molecule has 0 radical (unpaired) electrons. The minimum Gasteiger partial charge on any atom is -0.316 e. The van der Waals surface area contributed by atoms with Crippen molar-refractivity contribution < 1.29 is 0 Å². The lowest BCUT2D eigenvalue weighted by Crippen LogP contribution is -2.36. The fourth-order valence-corrected chi connectivity index (χ4v) is 3.55. The monoisotopic (exact) mass is 285 g/mol. The highest BCUT2D eigenvalue weighted by molar-refractivity contribution is 6.34. The molecule has 2 rings (SSSR count). The Labute approximate surface area is 120 Å². The Hall–Kier alpha value is -0.240. The van der Waals surface area contributed by atoms with Gasteiger partial charge < -0.3 is 5.32 Å². The van der Waals surface area contributed by atoms with E-state index in [2.05, 4.69) is 31.3 Å². The largest absolute Gasteiger partial charge is 0.316 e. The molecule has 0 spiro atoms. The second kappa shape index (κ2) is 6.27. The Bertz CT molecular complexity index is 383. The number of nitrogens with one attached hydrogen (secondary N) is 1. The van der Waals surface area contributed by atoms with E-state index in [0.29, 0.717) is 11.8 Å². The molecule has 0 bridgehead atoms. The molecule has 0 aromatic heterocycles. The van der Waals surface area contributed by atoms with Gasteiger partial charge in [0.2, 0.25) is 0 Å². The van der Waals surface area contributed by atoms with Crippen molar-refractivity contribution in [3.8, 4) is 0 Å². The van der Waals surface area contributed by atoms with Crippen molar-refractivity contribution in [2.75, 3.05) is 13.1 Å². The SMILES string of the molecule is CC(C)CC1CNCCC1c1cc(Cl)cc(Cl)c1. The van der Waals surface area contributed by atoms with E-state index in [1.165, 1.54) is 18.4 Å². The molecule has 1 aliphatic rings. The van der Waals surface area contributed by atoms with Crippen molar-refractivity contribution in [3.63, 3.8) is 0 Å². The van der Waals surface area contributed by atoms with Crippen molar-refractivity contribution in [1.82, 2.24) is 5.32 Å². The topological polar surface area (TPSA) is 12.0 Å². The zero-order chi connectivity index (χ0) is 13.1. The molecule has 100 valence electrons. The minimum atomic E-state index is 0.588. The van der Waals surface area contributed by atoms with E-state index in [0.717, 1.165) is 29.1 Å². The highest BCUT2D eigenvalue weighted by atomic mass is 35.5. The molecule has 1 fully saturated rings. The van der Waals surface area contributed by atoms with Gasteiger partial charge in [-0.2, -0.15) is 0 Å². The highest BCUT2D eigenvalue weighted by Gasteiger charge is 2.27. The summed E-state index contributed by atoms with van der Waals surface area (Å²) in [5.74, 6) is 2.00. The maximum absolute atomic E-state index is 6.12. The van der Waals surface area contributed by atoms with E-state index in [9.17, 15) is 0 Å². The zero-order valence-electron chi connectivity index (χ0n) is 11.0. The standard InChI is InChI=1S/C15H21Cl2N/c1-10(2)5-12-9-18-4-3-15(12)11-6-13(16)8-14(17)7-11/h6-8,10,12,15,18H,3-5,9H2,1-2H3. The van der Waals surface area contributed by atoms with Crippen LogP contribution >= 0.6 is 23.2 Å². The molecule has 2 atom stereocenters. The fourth-order valence-electron chi connectivity index (χ4n) is 3.00. The van der Waals surface area contributed by atoms with Crippen LogP contribution in [0.15, 0.2) is 18.2 Å². The van der Waals surface area contributed by atoms with Gasteiger partial charge in [-0.15, -0.1) is 0 Å². The summed E-state index contributed by atoms with van der Waals surface area (Å²) in [5, 5.41) is 5.00. The molecule has 3 heteroatoms. The van der Waals surface area contributed by atoms with Gasteiger partial charge in [0.1, 0.15) is 0 Å². The lowest BCUT2D eigenvalue weighted by atomic mass is 9.77. The van der Waals surface area contributed by atoms with Gasteiger partial charge in [0, 0.05) is 10.0 Å². The van der Waals surface area contributed by atoms with E-state index in [-0.39, 0.29) is 0 Å². The maximum Gasteiger partial charge on any atom is 0.0423 e. The van der Waals surface area contributed by atoms with Gasteiger partial charge in [0.15, 0.2) is 0 Å². The van der Waals surface area contributed by atoms with Crippen LogP contribution in [-0.4, -0.2) is 13.1 Å². The van der Waals surface area contributed by atoms with Crippen molar-refractivity contribution in [1.29, 1.82) is 0 Å². The van der Waals surface area contributed by atoms with Gasteiger partial charge in [-0.25, -0.2) is 0 Å². The van der Waals surface area contributed by atoms with E-state index in [4.69, 9.17) is 23.2 Å². The molecule has 2 unspecified atom stereocenters. The predicted molar refractivity (Wildman–Crippen MR) is 79.6 cm³/mol. The number of halogens is 2. The lowest BCUT2D eigenvalue weighted by Gasteiger charge is -2.34. The third-order valence-corrected chi connectivity index (χ3v) is 4.13. The molecule has 1 heterocycles. The fraction of sp³-hybridized carbons (Fsp3) is 0.600. The predicted octanol–water partition coefficient (Wildman–Crippen LogP) is 4.73. The summed E-state index contributed by atoms with van der Waals surface area (Å²) >= 11 is 12.2. The van der Waals surface area contributed by atoms with Gasteiger partial charge in [0.25, 0.3) is 0 Å². The molecule has 1 aromatic rings. The van der Waals surface area contributed by atoms with Crippen LogP contribution in [0.1, 0.15) is 38.2 Å². The van der Waals surface area contributed by atoms with Crippen LogP contribution in [0.4, 0.5) is 0 Å². The summed E-state index contributed by atoms with van der Waals surface area (Å²) in [6.45, 7) is 6.77. The van der Waals surface area contributed by atoms with Gasteiger partial charge in [-0.3, -0.25) is 0 Å². The minimum absolute atomic E-state index is 0.588. The number of hydrogen-bond donors (Lipinski definition) is 1. The summed E-state index contributed by atoms with van der Waals surface area (Å²) in [4.78, 5) is 0. The summed E-state index contributed by atoms with van der Waals surface area (Å²) in [6, 6.07) is 5.97. The van der Waals surface area contributed by atoms with Crippen LogP contribution in [-0.2, 0) is 0 Å². The first kappa shape index (κ1) is 14.2. The van der Waals surface area contributed by atoms with Crippen molar-refractivity contribution in [2.24, 2.45) is 11.8 Å². The van der Waals surface area contributed by atoms with Gasteiger partial charge in [-0.05, 0) is 67.4 Å². The summed E-state index contributed by atoms with van der Waals surface area (Å²) in [7, 11) is 0. The number of piperidine rings is 1. The number of rotatable bonds is 3. The number of hydrogen-bond acceptors (Lipinski definition) is 1. The molecule has 1 aromatic carbocycles. The molecule has 1 N–H and O–H groups in total. The molecule has 1 saturated heterocycles. The van der Waals surface area contributed by atoms with Crippen molar-refractivity contribution >= 4 is 23.2 Å². The summed E-state index contributed by atoms with van der Waals surface area (Å²) in [5.41, 5.74) is 1.31. The van der Waals surface area contributed by atoms with Crippen LogP contribution < -0.4 is 5.32 Å². The van der Waals surface area contributed by atoms with Gasteiger partial charge in [-0.1, -0.05) is 37.0 Å². The first-order valence-electron chi connectivity index (χ1n) is 6.73. The van der Waals surface area contributed by atoms with Gasteiger partial charge >= 0.3 is 0 Å². The molecule has 18 heavy (non-hydrogen) atoms. The Balaban J connectivity index is 2.21. The summed E-state index contributed by atoms with van der Waals surface area (Å²) < 4.78 is 0. The molecule has 1 nitrogen and oxygen atoms in total. The lowest BCUT2D eigenvalue weighted by molar-refractivity contribution is 0.280. The maximum atomic E-state index is 6.12. The second-order valence-electron chi connectivity index (χ2n) is 5.69. The van der Waals surface area contributed by atoms with Crippen LogP contribution in [0.5, 0.6) is 0 Å². The van der Waals surface area contributed by atoms with E-state index >= 15 is 0 Å². The molecule has 1 aliphatic heterocycles. The highest BCUT2D eigenvalue weighted by Crippen LogP contribution is 2.36. The normalized spacial score (nSPS) is 24.5. The molecular formula is C15H21Cl2N. The molecule has 0 amide bonds. The smallest absolute Gasteiger partial charge is 0.0423 e. The van der Waals surface area contributed by atoms with Crippen molar-refractivity contribution in [2.45, 2.75) is 32.6 Å². The Morgan fingerprint density at radius 2 is 1.89 bits per heavy atom. The van der Waals surface area contributed by atoms with E-state index in [1.807, 2.05) is 6.07 Å². The molecule has 0 aliphatic carbocycles. The van der Waals surface area contributed by atoms with Crippen LogP contribution in [0, 0.1) is 11.8 Å². The first-order valence-corrected chi connectivity index (χ1v) is 7.48. The van der Waals surface area contributed by atoms with E-state index in [1.54, 1.807) is 0 Å². The van der Waals surface area contributed by atoms with Crippen LogP contribution in [0.3, 0.4) is 0 Å². The average molecular weight is 286 g/mol. The quantitative estimate of drug-likeness (QED) is 0.846. The second-order valence-corrected chi connectivity index (χ2v) is 6.56. The zero-order valence-corrected chi connectivity index (χ0v) is 12.6. The molecule has 0 saturated carbocycles. The van der Waals surface area contributed by atoms with Crippen LogP contribution in [0.2, 0.25) is 10.0 Å². The first-order chi connectivity index (χ1) is 8.56. The average Bonchev–Trinajstić information content (AvgIpc) is 2.27. The van der Waals surface area contributed by atoms with Crippen LogP contribution in [0.25, 0.3) is 0 Å².